The quantitative estimate of drug-likeness (QED) is 0.592. The van der Waals surface area contributed by atoms with Gasteiger partial charge in [-0.25, -0.2) is 0 Å². The van der Waals surface area contributed by atoms with Crippen LogP contribution in [0.25, 0.3) is 0 Å². The van der Waals surface area contributed by atoms with Crippen molar-refractivity contribution >= 4 is 23.2 Å². The fourth-order valence-electron chi connectivity index (χ4n) is 0.829. The van der Waals surface area contributed by atoms with Crippen LogP contribution in [0.5, 0.6) is 0 Å². The van der Waals surface area contributed by atoms with Crippen LogP contribution in [0.2, 0.25) is 0 Å². The normalized spacial score (nSPS) is 9.67. The third-order valence-electron chi connectivity index (χ3n) is 1.57. The number of thiazole rings is 1. The first-order valence-electron chi connectivity index (χ1n) is 4.33. The van der Waals surface area contributed by atoms with E-state index in [1.807, 2.05) is 0 Å². The Bertz CT molecular complexity index is 325. The van der Waals surface area contributed by atoms with E-state index in [-0.39, 0.29) is 24.9 Å². The standard InChI is InChI=1S/C8H12N4O2S/c9-1-7(13)12-4-8(14)11-3-6-2-10-5-15-6/h2,5H,1,3-4,9H2,(H,11,14)(H,12,13). The maximum atomic E-state index is 11.2. The highest BCUT2D eigenvalue weighted by atomic mass is 32.1. The number of aromatic nitrogens is 1. The maximum absolute atomic E-state index is 11.2. The number of hydrogen-bond acceptors (Lipinski definition) is 5. The summed E-state index contributed by atoms with van der Waals surface area (Å²) in [6.07, 6.45) is 1.68. The predicted molar refractivity (Wildman–Crippen MR) is 56.0 cm³/mol. The van der Waals surface area contributed by atoms with Gasteiger partial charge in [-0.2, -0.15) is 0 Å². The monoisotopic (exact) mass is 228 g/mol. The van der Waals surface area contributed by atoms with Crippen LogP contribution in [-0.4, -0.2) is 29.9 Å². The summed E-state index contributed by atoms with van der Waals surface area (Å²) in [7, 11) is 0. The summed E-state index contributed by atoms with van der Waals surface area (Å²) in [6.45, 7) is 0.277. The molecule has 0 atom stereocenters. The van der Waals surface area contributed by atoms with Crippen LogP contribution in [0.15, 0.2) is 11.7 Å². The summed E-state index contributed by atoms with van der Waals surface area (Å²) in [4.78, 5) is 26.7. The number of hydrogen-bond donors (Lipinski definition) is 3. The number of carbonyl (C=O) groups is 2. The first-order valence-corrected chi connectivity index (χ1v) is 5.21. The number of nitrogens with zero attached hydrogens (tertiary/aromatic N) is 1. The molecule has 2 amide bonds. The molecule has 0 aliphatic heterocycles. The van der Waals surface area contributed by atoms with Crippen LogP contribution in [0, 0.1) is 0 Å². The predicted octanol–water partition coefficient (Wildman–Crippen LogP) is -1.17. The maximum Gasteiger partial charge on any atom is 0.239 e. The topological polar surface area (TPSA) is 97.1 Å². The highest BCUT2D eigenvalue weighted by Gasteiger charge is 2.03. The van der Waals surface area contributed by atoms with Gasteiger partial charge in [-0.05, 0) is 0 Å². The van der Waals surface area contributed by atoms with Crippen LogP contribution in [0.1, 0.15) is 4.88 Å². The molecule has 0 saturated carbocycles. The van der Waals surface area contributed by atoms with Gasteiger partial charge in [-0.3, -0.25) is 14.6 Å². The lowest BCUT2D eigenvalue weighted by atomic mass is 10.5. The van der Waals surface area contributed by atoms with E-state index in [2.05, 4.69) is 15.6 Å². The average molecular weight is 228 g/mol. The Labute approximate surface area is 90.9 Å². The molecule has 1 heterocycles. The minimum atomic E-state index is -0.344. The summed E-state index contributed by atoms with van der Waals surface area (Å²) in [5, 5.41) is 5.01. The molecule has 7 heteroatoms. The zero-order valence-electron chi connectivity index (χ0n) is 8.03. The minimum absolute atomic E-state index is 0.0468. The molecule has 0 spiro atoms. The van der Waals surface area contributed by atoms with Crippen molar-refractivity contribution in [3.8, 4) is 0 Å². The lowest BCUT2D eigenvalue weighted by Gasteiger charge is -2.04. The molecule has 0 radical (unpaired) electrons. The van der Waals surface area contributed by atoms with E-state index in [0.29, 0.717) is 6.54 Å². The molecule has 0 aliphatic carbocycles. The van der Waals surface area contributed by atoms with E-state index in [1.165, 1.54) is 11.3 Å². The van der Waals surface area contributed by atoms with Gasteiger partial charge in [0, 0.05) is 11.1 Å². The van der Waals surface area contributed by atoms with Crippen LogP contribution in [0.4, 0.5) is 0 Å². The zero-order valence-corrected chi connectivity index (χ0v) is 8.84. The van der Waals surface area contributed by atoms with Gasteiger partial charge < -0.3 is 16.4 Å². The highest BCUT2D eigenvalue weighted by Crippen LogP contribution is 2.03. The summed E-state index contributed by atoms with van der Waals surface area (Å²) in [6, 6.07) is 0. The summed E-state index contributed by atoms with van der Waals surface area (Å²) in [5.41, 5.74) is 6.75. The highest BCUT2D eigenvalue weighted by molar-refractivity contribution is 7.09. The van der Waals surface area contributed by atoms with E-state index in [1.54, 1.807) is 11.7 Å². The third-order valence-corrected chi connectivity index (χ3v) is 2.35. The fraction of sp³-hybridized carbons (Fsp3) is 0.375. The molecule has 0 aromatic carbocycles. The molecular weight excluding hydrogens is 216 g/mol. The zero-order chi connectivity index (χ0) is 11.1. The molecular formula is C8H12N4O2S. The Morgan fingerprint density at radius 3 is 2.80 bits per heavy atom. The van der Waals surface area contributed by atoms with Gasteiger partial charge >= 0.3 is 0 Å². The number of rotatable bonds is 5. The van der Waals surface area contributed by atoms with E-state index in [9.17, 15) is 9.59 Å². The molecule has 0 saturated heterocycles. The molecule has 6 nitrogen and oxygen atoms in total. The fourth-order valence-corrected chi connectivity index (χ4v) is 1.36. The Morgan fingerprint density at radius 2 is 2.20 bits per heavy atom. The largest absolute Gasteiger partial charge is 0.350 e. The van der Waals surface area contributed by atoms with E-state index >= 15 is 0 Å². The van der Waals surface area contributed by atoms with Crippen molar-refractivity contribution in [3.05, 3.63) is 16.6 Å². The second kappa shape index (κ2) is 6.10. The van der Waals surface area contributed by atoms with Gasteiger partial charge in [0.2, 0.25) is 11.8 Å². The summed E-state index contributed by atoms with van der Waals surface area (Å²) >= 11 is 1.46. The summed E-state index contributed by atoms with van der Waals surface area (Å²) in [5.74, 6) is -0.590. The molecule has 1 aromatic heterocycles. The van der Waals surface area contributed by atoms with Crippen molar-refractivity contribution in [2.45, 2.75) is 6.54 Å². The molecule has 0 bridgehead atoms. The molecule has 4 N–H and O–H groups in total. The molecule has 1 rings (SSSR count). The van der Waals surface area contributed by atoms with Crippen molar-refractivity contribution < 1.29 is 9.59 Å². The lowest BCUT2D eigenvalue weighted by Crippen LogP contribution is -2.39. The third kappa shape index (κ3) is 4.52. The second-order valence-corrected chi connectivity index (χ2v) is 3.70. The number of amides is 2. The SMILES string of the molecule is NCC(=O)NCC(=O)NCc1cncs1. The summed E-state index contributed by atoms with van der Waals surface area (Å²) < 4.78 is 0. The van der Waals surface area contributed by atoms with Crippen LogP contribution < -0.4 is 16.4 Å². The molecule has 0 unspecified atom stereocenters. The molecule has 0 fully saturated rings. The van der Waals surface area contributed by atoms with E-state index < -0.39 is 0 Å². The van der Waals surface area contributed by atoms with Gasteiger partial charge in [0.25, 0.3) is 0 Å². The first kappa shape index (κ1) is 11.6. The number of nitrogens with one attached hydrogen (secondary N) is 2. The molecule has 1 aromatic rings. The number of carbonyl (C=O) groups excluding carboxylic acids is 2. The van der Waals surface area contributed by atoms with Crippen LogP contribution >= 0.6 is 11.3 Å². The first-order chi connectivity index (χ1) is 7.22. The molecule has 0 aliphatic rings. The van der Waals surface area contributed by atoms with Gasteiger partial charge in [-0.1, -0.05) is 0 Å². The van der Waals surface area contributed by atoms with E-state index in [4.69, 9.17) is 5.73 Å². The van der Waals surface area contributed by atoms with Crippen molar-refractivity contribution in [3.63, 3.8) is 0 Å². The van der Waals surface area contributed by atoms with Gasteiger partial charge in [0.05, 0.1) is 25.1 Å². The van der Waals surface area contributed by atoms with Crippen LogP contribution in [-0.2, 0) is 16.1 Å². The van der Waals surface area contributed by atoms with Crippen molar-refractivity contribution in [2.24, 2.45) is 5.73 Å². The Kier molecular flexibility index (Phi) is 4.72. The van der Waals surface area contributed by atoms with Crippen molar-refractivity contribution in [1.82, 2.24) is 15.6 Å². The Balaban J connectivity index is 2.16. The average Bonchev–Trinajstić information content (AvgIpc) is 2.75. The van der Waals surface area contributed by atoms with Gasteiger partial charge in [-0.15, -0.1) is 11.3 Å². The Morgan fingerprint density at radius 1 is 1.40 bits per heavy atom. The minimum Gasteiger partial charge on any atom is -0.350 e. The van der Waals surface area contributed by atoms with Gasteiger partial charge in [0.1, 0.15) is 0 Å². The lowest BCUT2D eigenvalue weighted by molar-refractivity contribution is -0.125. The molecule has 82 valence electrons. The Hall–Kier alpha value is -1.47. The van der Waals surface area contributed by atoms with Crippen molar-refractivity contribution in [1.29, 1.82) is 0 Å². The molecule has 15 heavy (non-hydrogen) atoms. The van der Waals surface area contributed by atoms with Crippen molar-refractivity contribution in [2.75, 3.05) is 13.1 Å². The van der Waals surface area contributed by atoms with Gasteiger partial charge in [0.15, 0.2) is 0 Å². The van der Waals surface area contributed by atoms with Crippen LogP contribution in [0.3, 0.4) is 0 Å². The number of nitrogens with two attached hydrogens (primary N) is 1. The van der Waals surface area contributed by atoms with E-state index in [0.717, 1.165) is 4.88 Å². The second-order valence-electron chi connectivity index (χ2n) is 2.73. The smallest absolute Gasteiger partial charge is 0.239 e.